The molecule has 32 heavy (non-hydrogen) atoms. The highest BCUT2D eigenvalue weighted by atomic mass is 35.5. The second-order valence-corrected chi connectivity index (χ2v) is 8.62. The van der Waals surface area contributed by atoms with Gasteiger partial charge in [0, 0.05) is 16.7 Å². The zero-order chi connectivity index (χ0) is 23.1. The van der Waals surface area contributed by atoms with Gasteiger partial charge >= 0.3 is 5.97 Å². The third-order valence-electron chi connectivity index (χ3n) is 4.26. The smallest absolute Gasteiger partial charge is 0.321 e. The molecule has 2 N–H and O–H groups in total. The second kappa shape index (κ2) is 10.3. The van der Waals surface area contributed by atoms with Crippen molar-refractivity contribution < 1.29 is 27.3 Å². The largest absolute Gasteiger partial charge is 0.467 e. The number of hydrogen-bond donors (Lipinski definition) is 2. The Balaban J connectivity index is 1.63. The van der Waals surface area contributed by atoms with E-state index in [2.05, 4.69) is 10.0 Å². The number of furan rings is 1. The fourth-order valence-corrected chi connectivity index (χ4v) is 3.82. The van der Waals surface area contributed by atoms with E-state index in [-0.39, 0.29) is 23.7 Å². The molecule has 0 spiro atoms. The van der Waals surface area contributed by atoms with Gasteiger partial charge in [0.25, 0.3) is 5.69 Å². The van der Waals surface area contributed by atoms with Gasteiger partial charge in [0.2, 0.25) is 10.0 Å². The molecule has 0 radical (unpaired) electrons. The first-order chi connectivity index (χ1) is 15.3. The van der Waals surface area contributed by atoms with E-state index in [1.165, 1.54) is 18.4 Å². The highest BCUT2D eigenvalue weighted by molar-refractivity contribution is 7.89. The Hall–Kier alpha value is -3.41. The lowest BCUT2D eigenvalue weighted by Gasteiger charge is -2.10. The van der Waals surface area contributed by atoms with Gasteiger partial charge in [-0.2, -0.15) is 4.72 Å². The SMILES string of the molecule is O=C(CNS(=O)(=O)c1ccc(NCc2ccco2)c([N+](=O)[O-])c1)OCc1ccccc1Cl. The minimum absolute atomic E-state index is 0.115. The lowest BCUT2D eigenvalue weighted by Crippen LogP contribution is -2.30. The third kappa shape index (κ3) is 6.06. The predicted molar refractivity (Wildman–Crippen MR) is 116 cm³/mol. The van der Waals surface area contributed by atoms with Crippen LogP contribution in [0.4, 0.5) is 11.4 Å². The Morgan fingerprint density at radius 3 is 2.62 bits per heavy atom. The van der Waals surface area contributed by atoms with E-state index in [9.17, 15) is 23.3 Å². The van der Waals surface area contributed by atoms with Crippen molar-refractivity contribution in [3.05, 3.63) is 87.3 Å². The molecule has 3 aromatic rings. The van der Waals surface area contributed by atoms with Gasteiger partial charge in [-0.1, -0.05) is 29.8 Å². The van der Waals surface area contributed by atoms with Crippen LogP contribution in [0.15, 0.2) is 70.2 Å². The van der Waals surface area contributed by atoms with E-state index in [4.69, 9.17) is 20.8 Å². The summed E-state index contributed by atoms with van der Waals surface area (Å²) in [5.41, 5.74) is 0.240. The molecule has 1 aromatic heterocycles. The minimum atomic E-state index is -4.21. The minimum Gasteiger partial charge on any atom is -0.467 e. The number of nitrogens with zero attached hydrogens (tertiary/aromatic N) is 1. The number of rotatable bonds is 10. The maximum Gasteiger partial charge on any atom is 0.321 e. The summed E-state index contributed by atoms with van der Waals surface area (Å²) in [5, 5.41) is 14.7. The number of ether oxygens (including phenoxy) is 1. The van der Waals surface area contributed by atoms with Crippen LogP contribution >= 0.6 is 11.6 Å². The van der Waals surface area contributed by atoms with E-state index >= 15 is 0 Å². The first-order valence-electron chi connectivity index (χ1n) is 9.19. The maximum atomic E-state index is 12.5. The molecule has 0 aliphatic heterocycles. The maximum absolute atomic E-state index is 12.5. The molecule has 0 aliphatic rings. The number of nitro benzene ring substituents is 1. The van der Waals surface area contributed by atoms with Crippen LogP contribution in [-0.2, 0) is 32.7 Å². The zero-order valence-corrected chi connectivity index (χ0v) is 18.1. The molecular weight excluding hydrogens is 462 g/mol. The molecule has 0 atom stereocenters. The van der Waals surface area contributed by atoms with Crippen molar-refractivity contribution in [2.24, 2.45) is 0 Å². The van der Waals surface area contributed by atoms with Crippen molar-refractivity contribution in [2.75, 3.05) is 11.9 Å². The number of sulfonamides is 1. The third-order valence-corrected chi connectivity index (χ3v) is 6.03. The number of benzene rings is 2. The molecule has 0 fully saturated rings. The monoisotopic (exact) mass is 479 g/mol. The van der Waals surface area contributed by atoms with Gasteiger partial charge < -0.3 is 14.5 Å². The average Bonchev–Trinajstić information content (AvgIpc) is 3.29. The number of esters is 1. The number of carbonyl (C=O) groups excluding carboxylic acids is 1. The van der Waals surface area contributed by atoms with Gasteiger partial charge in [-0.15, -0.1) is 0 Å². The number of halogens is 1. The lowest BCUT2D eigenvalue weighted by atomic mass is 10.2. The summed E-state index contributed by atoms with van der Waals surface area (Å²) in [6.07, 6.45) is 1.46. The summed E-state index contributed by atoms with van der Waals surface area (Å²) in [6.45, 7) is -0.601. The Labute approximate surface area is 188 Å². The van der Waals surface area contributed by atoms with Crippen LogP contribution in [-0.4, -0.2) is 25.9 Å². The number of carbonyl (C=O) groups is 1. The summed E-state index contributed by atoms with van der Waals surface area (Å²) < 4.78 is 37.2. The zero-order valence-electron chi connectivity index (χ0n) is 16.5. The van der Waals surface area contributed by atoms with Gasteiger partial charge in [0.1, 0.15) is 24.6 Å². The first-order valence-corrected chi connectivity index (χ1v) is 11.1. The Kier molecular flexibility index (Phi) is 7.46. The van der Waals surface area contributed by atoms with E-state index < -0.39 is 33.1 Å². The molecule has 3 rings (SSSR count). The lowest BCUT2D eigenvalue weighted by molar-refractivity contribution is -0.384. The molecule has 10 nitrogen and oxygen atoms in total. The average molecular weight is 480 g/mol. The first kappa shape index (κ1) is 23.3. The summed E-state index contributed by atoms with van der Waals surface area (Å²) in [5.74, 6) is -0.285. The van der Waals surface area contributed by atoms with E-state index in [1.54, 1.807) is 36.4 Å². The fourth-order valence-electron chi connectivity index (χ4n) is 2.64. The molecule has 0 amide bonds. The molecular formula is C20H18ClN3O7S. The van der Waals surface area contributed by atoms with Crippen LogP contribution in [0.3, 0.4) is 0 Å². The van der Waals surface area contributed by atoms with Crippen molar-refractivity contribution in [1.29, 1.82) is 0 Å². The van der Waals surface area contributed by atoms with Crippen molar-refractivity contribution in [3.8, 4) is 0 Å². The van der Waals surface area contributed by atoms with E-state index in [0.29, 0.717) is 16.3 Å². The summed E-state index contributed by atoms with van der Waals surface area (Å²) in [6, 6.07) is 13.5. The molecule has 1 heterocycles. The standard InChI is InChI=1S/C20H18ClN3O7S/c21-17-6-2-1-4-14(17)13-31-20(25)12-23-32(28,29)16-7-8-18(19(10-16)24(26)27)22-11-15-5-3-9-30-15/h1-10,22-23H,11-13H2. The summed E-state index contributed by atoms with van der Waals surface area (Å²) in [7, 11) is -4.21. The number of hydrogen-bond acceptors (Lipinski definition) is 8. The highest BCUT2D eigenvalue weighted by Gasteiger charge is 2.22. The Morgan fingerprint density at radius 2 is 1.94 bits per heavy atom. The van der Waals surface area contributed by atoms with Crippen LogP contribution in [0.1, 0.15) is 11.3 Å². The van der Waals surface area contributed by atoms with Gasteiger partial charge in [0.05, 0.1) is 22.6 Å². The van der Waals surface area contributed by atoms with Gasteiger partial charge in [-0.05, 0) is 30.3 Å². The summed E-state index contributed by atoms with van der Waals surface area (Å²) in [4.78, 5) is 22.3. The van der Waals surface area contributed by atoms with Crippen LogP contribution in [0, 0.1) is 10.1 Å². The van der Waals surface area contributed by atoms with Crippen LogP contribution < -0.4 is 10.0 Å². The topological polar surface area (TPSA) is 141 Å². The van der Waals surface area contributed by atoms with Gasteiger partial charge in [-0.25, -0.2) is 8.42 Å². The van der Waals surface area contributed by atoms with Gasteiger partial charge in [0.15, 0.2) is 0 Å². The fraction of sp³-hybridized carbons (Fsp3) is 0.150. The second-order valence-electron chi connectivity index (χ2n) is 6.45. The predicted octanol–water partition coefficient (Wildman–Crippen LogP) is 3.48. The van der Waals surface area contributed by atoms with Crippen molar-refractivity contribution in [3.63, 3.8) is 0 Å². The molecule has 168 valence electrons. The van der Waals surface area contributed by atoms with Crippen LogP contribution in [0.2, 0.25) is 5.02 Å². The Bertz CT molecular complexity index is 1210. The highest BCUT2D eigenvalue weighted by Crippen LogP contribution is 2.28. The number of anilines is 1. The van der Waals surface area contributed by atoms with Crippen molar-refractivity contribution in [1.82, 2.24) is 4.72 Å². The molecule has 0 saturated heterocycles. The van der Waals surface area contributed by atoms with E-state index in [1.807, 2.05) is 0 Å². The molecule has 0 aliphatic carbocycles. The Morgan fingerprint density at radius 1 is 1.16 bits per heavy atom. The number of nitro groups is 1. The summed E-state index contributed by atoms with van der Waals surface area (Å²) >= 11 is 5.97. The van der Waals surface area contributed by atoms with Crippen LogP contribution in [0.25, 0.3) is 0 Å². The molecule has 2 aromatic carbocycles. The van der Waals surface area contributed by atoms with Gasteiger partial charge in [-0.3, -0.25) is 14.9 Å². The normalized spacial score (nSPS) is 11.2. The van der Waals surface area contributed by atoms with Crippen LogP contribution in [0.5, 0.6) is 0 Å². The molecule has 0 unspecified atom stereocenters. The number of nitrogens with one attached hydrogen (secondary N) is 2. The van der Waals surface area contributed by atoms with Crippen molar-refractivity contribution in [2.45, 2.75) is 18.0 Å². The quantitative estimate of drug-likeness (QED) is 0.256. The molecule has 0 bridgehead atoms. The van der Waals surface area contributed by atoms with Crippen molar-refractivity contribution >= 4 is 39.0 Å². The molecule has 0 saturated carbocycles. The molecule has 12 heteroatoms. The van der Waals surface area contributed by atoms with E-state index in [0.717, 1.165) is 6.07 Å².